The Kier molecular flexibility index (Phi) is 17.3. The molecular weight excluding hydrogens is 548 g/mol. The van der Waals surface area contributed by atoms with Crippen molar-refractivity contribution in [3.8, 4) is 0 Å². The average Bonchev–Trinajstić information content (AvgIpc) is 3.78. The van der Waals surface area contributed by atoms with Gasteiger partial charge in [-0.2, -0.15) is 0 Å². The van der Waals surface area contributed by atoms with Crippen molar-refractivity contribution in [1.29, 1.82) is 0 Å². The molecular formula is C28H47BrN6O3. The summed E-state index contributed by atoms with van der Waals surface area (Å²) in [5.41, 5.74) is 7.17. The Morgan fingerprint density at radius 1 is 1.32 bits per heavy atom. The minimum absolute atomic E-state index is 0.0384. The van der Waals surface area contributed by atoms with E-state index in [1.54, 1.807) is 6.20 Å². The number of hydrogen-bond donors (Lipinski definition) is 4. The lowest BCUT2D eigenvalue weighted by Gasteiger charge is -2.32. The third kappa shape index (κ3) is 13.4. The van der Waals surface area contributed by atoms with E-state index in [-0.39, 0.29) is 23.5 Å². The lowest BCUT2D eigenvalue weighted by molar-refractivity contribution is -0.132. The van der Waals surface area contributed by atoms with Crippen molar-refractivity contribution in [3.05, 3.63) is 42.0 Å². The molecule has 0 bridgehead atoms. The van der Waals surface area contributed by atoms with Crippen LogP contribution in [0, 0.1) is 11.8 Å². The lowest BCUT2D eigenvalue weighted by atomic mass is 9.93. The molecule has 2 aliphatic rings. The lowest BCUT2D eigenvalue weighted by Crippen LogP contribution is -2.45. The number of nitrogens with one attached hydrogen (secondary N) is 2. The summed E-state index contributed by atoms with van der Waals surface area (Å²) in [6.07, 6.45) is 13.1. The van der Waals surface area contributed by atoms with Crippen LogP contribution in [0.15, 0.2) is 41.4 Å². The second-order valence-corrected chi connectivity index (χ2v) is 10.6. The van der Waals surface area contributed by atoms with E-state index in [0.29, 0.717) is 18.4 Å². The van der Waals surface area contributed by atoms with Gasteiger partial charge in [0.1, 0.15) is 6.17 Å². The first-order chi connectivity index (χ1) is 18.4. The molecule has 1 amide bonds. The predicted octanol–water partition coefficient (Wildman–Crippen LogP) is 4.29. The number of hydrogen-bond acceptors (Lipinski definition) is 7. The molecule has 38 heavy (non-hydrogen) atoms. The molecule has 3 atom stereocenters. The fraction of sp³-hybridized carbons (Fsp3) is 0.643. The Morgan fingerprint density at radius 3 is 2.50 bits per heavy atom. The van der Waals surface area contributed by atoms with Gasteiger partial charge in [-0.25, -0.2) is 0 Å². The summed E-state index contributed by atoms with van der Waals surface area (Å²) in [6, 6.07) is 3.91. The van der Waals surface area contributed by atoms with E-state index < -0.39 is 0 Å². The number of piperidine rings is 1. The number of carboxylic acid groups (broad SMARTS) is 1. The van der Waals surface area contributed by atoms with Crippen molar-refractivity contribution in [3.63, 3.8) is 0 Å². The quantitative estimate of drug-likeness (QED) is 0.152. The molecule has 9 nitrogen and oxygen atoms in total. The van der Waals surface area contributed by atoms with Gasteiger partial charge >= 0.3 is 0 Å². The molecule has 2 unspecified atom stereocenters. The zero-order valence-electron chi connectivity index (χ0n) is 23.2. The molecule has 1 aliphatic heterocycles. The molecule has 1 saturated carbocycles. The van der Waals surface area contributed by atoms with Crippen molar-refractivity contribution in [2.75, 3.05) is 13.1 Å². The van der Waals surface area contributed by atoms with Gasteiger partial charge in [0.05, 0.1) is 10.6 Å². The maximum absolute atomic E-state index is 12.5. The molecule has 5 N–H and O–H groups in total. The number of carbonyl (C=O) groups excluding carboxylic acids is 1. The first-order valence-electron chi connectivity index (χ1n) is 13.7. The Bertz CT molecular complexity index is 827. The predicted molar refractivity (Wildman–Crippen MR) is 158 cm³/mol. The van der Waals surface area contributed by atoms with E-state index >= 15 is 0 Å². The number of carbonyl (C=O) groups is 2. The molecule has 10 heteroatoms. The first kappa shape index (κ1) is 33.6. The van der Waals surface area contributed by atoms with E-state index in [2.05, 4.69) is 54.2 Å². The van der Waals surface area contributed by atoms with Gasteiger partial charge in [0, 0.05) is 44.5 Å². The van der Waals surface area contributed by atoms with Gasteiger partial charge in [0.2, 0.25) is 5.91 Å². The molecule has 1 aromatic heterocycles. The van der Waals surface area contributed by atoms with Crippen LogP contribution in [0.2, 0.25) is 0 Å². The molecule has 1 saturated heterocycles. The summed E-state index contributed by atoms with van der Waals surface area (Å²) in [7, 11) is 0. The van der Waals surface area contributed by atoms with Crippen LogP contribution in [-0.2, 0) is 16.1 Å². The molecule has 1 aliphatic carbocycles. The number of aliphatic imine (C=N–C) groups is 1. The summed E-state index contributed by atoms with van der Waals surface area (Å²) in [4.78, 5) is 31.3. The van der Waals surface area contributed by atoms with Crippen LogP contribution in [0.3, 0.4) is 0 Å². The molecule has 1 aromatic rings. The third-order valence-corrected chi connectivity index (χ3v) is 7.93. The van der Waals surface area contributed by atoms with Crippen molar-refractivity contribution in [2.45, 2.75) is 89.3 Å². The van der Waals surface area contributed by atoms with E-state index in [0.717, 1.165) is 62.5 Å². The molecule has 3 rings (SSSR count). The Balaban J connectivity index is 0.00000135. The number of amides is 1. The highest BCUT2D eigenvalue weighted by atomic mass is 79.9. The third-order valence-electron chi connectivity index (χ3n) is 6.60. The second-order valence-electron chi connectivity index (χ2n) is 9.56. The van der Waals surface area contributed by atoms with Crippen LogP contribution in [0.1, 0.15) is 71.3 Å². The monoisotopic (exact) mass is 594 g/mol. The van der Waals surface area contributed by atoms with Crippen molar-refractivity contribution in [1.82, 2.24) is 20.5 Å². The fourth-order valence-corrected chi connectivity index (χ4v) is 4.45. The second kappa shape index (κ2) is 19.6. The highest BCUT2D eigenvalue weighted by Gasteiger charge is 2.26. The van der Waals surface area contributed by atoms with Crippen LogP contribution >= 0.6 is 15.9 Å². The standard InChI is InChI=1S/C25H39BrN6O.C2H6.CH2O2/c1-18(27)24(26)25(28-2)31-22(30-17-21-4-3-13-29-16-21)9-7-20-11-14-32(15-12-20)23(33)10-8-19-5-6-19;1-2;2-1-3/h3-4,9,13,16,18-20,24-25,30-31H,2,5-8,10-12,14-15,17,27H2,1H3;1-2H3;1H,(H,2,3)/b22-9-;;/t18-,24?,25?;;/m1../s1. The van der Waals surface area contributed by atoms with E-state index in [4.69, 9.17) is 15.6 Å². The van der Waals surface area contributed by atoms with E-state index in [1.165, 1.54) is 12.8 Å². The minimum Gasteiger partial charge on any atom is -0.483 e. The van der Waals surface area contributed by atoms with Crippen molar-refractivity contribution in [2.24, 2.45) is 22.6 Å². The number of rotatable bonds is 13. The number of aromatic nitrogens is 1. The topological polar surface area (TPSA) is 133 Å². The maximum Gasteiger partial charge on any atom is 0.290 e. The van der Waals surface area contributed by atoms with Crippen LogP contribution in [0.25, 0.3) is 0 Å². The summed E-state index contributed by atoms with van der Waals surface area (Å²) >= 11 is 3.64. The normalized spacial score (nSPS) is 17.9. The molecule has 0 aromatic carbocycles. The van der Waals surface area contributed by atoms with Crippen LogP contribution in [0.5, 0.6) is 0 Å². The molecule has 0 spiro atoms. The highest BCUT2D eigenvalue weighted by molar-refractivity contribution is 9.09. The van der Waals surface area contributed by atoms with Gasteiger partial charge in [-0.1, -0.05) is 48.7 Å². The Hall–Kier alpha value is -2.46. The molecule has 0 radical (unpaired) electrons. The zero-order chi connectivity index (χ0) is 28.3. The number of nitrogens with zero attached hydrogens (tertiary/aromatic N) is 3. The van der Waals surface area contributed by atoms with Gasteiger partial charge in [-0.05, 0) is 68.9 Å². The maximum atomic E-state index is 12.5. The van der Waals surface area contributed by atoms with E-state index in [1.807, 2.05) is 39.1 Å². The minimum atomic E-state index is -0.250. The fourth-order valence-electron chi connectivity index (χ4n) is 4.15. The number of likely N-dealkylation sites (tertiary alicyclic amines) is 1. The SMILES string of the molecule is C=NC(N/C(=C\CC1CCN(C(=O)CCC2CC2)CC1)NCc1cccnc1)C(Br)[C@@H](C)N.CC.O=CO. The highest BCUT2D eigenvalue weighted by Crippen LogP contribution is 2.34. The van der Waals surface area contributed by atoms with Gasteiger partial charge in [0.25, 0.3) is 6.47 Å². The van der Waals surface area contributed by atoms with Gasteiger partial charge in [-0.3, -0.25) is 19.6 Å². The summed E-state index contributed by atoms with van der Waals surface area (Å²) in [6.45, 7) is 11.8. The first-order valence-corrected chi connectivity index (χ1v) is 14.6. The smallest absolute Gasteiger partial charge is 0.290 e. The number of pyridine rings is 1. The van der Waals surface area contributed by atoms with Gasteiger partial charge in [-0.15, -0.1) is 0 Å². The van der Waals surface area contributed by atoms with Crippen molar-refractivity contribution < 1.29 is 14.7 Å². The summed E-state index contributed by atoms with van der Waals surface area (Å²) in [5.74, 6) is 2.65. The Labute approximate surface area is 236 Å². The van der Waals surface area contributed by atoms with Gasteiger partial charge < -0.3 is 26.4 Å². The largest absolute Gasteiger partial charge is 0.483 e. The Morgan fingerprint density at radius 2 is 1.97 bits per heavy atom. The molecule has 214 valence electrons. The van der Waals surface area contributed by atoms with Crippen molar-refractivity contribution >= 4 is 35.0 Å². The average molecular weight is 596 g/mol. The number of nitrogens with two attached hydrogens (primary N) is 1. The van der Waals surface area contributed by atoms with E-state index in [9.17, 15) is 4.79 Å². The number of halogens is 1. The zero-order valence-corrected chi connectivity index (χ0v) is 24.8. The summed E-state index contributed by atoms with van der Waals surface area (Å²) in [5, 5.41) is 13.8. The van der Waals surface area contributed by atoms with Gasteiger partial charge in [0.15, 0.2) is 0 Å². The van der Waals surface area contributed by atoms with Crippen LogP contribution < -0.4 is 16.4 Å². The number of allylic oxidation sites excluding steroid dienone is 1. The summed E-state index contributed by atoms with van der Waals surface area (Å²) < 4.78 is 0. The molecule has 2 fully saturated rings. The molecule has 2 heterocycles. The number of alkyl halides is 1. The van der Waals surface area contributed by atoms with Crippen LogP contribution in [0.4, 0.5) is 0 Å². The van der Waals surface area contributed by atoms with Crippen LogP contribution in [-0.4, -0.2) is 64.2 Å².